The quantitative estimate of drug-likeness (QED) is 0.738. The number of benzene rings is 1. The molecule has 2 N–H and O–H groups in total. The zero-order valence-corrected chi connectivity index (χ0v) is 15.4. The summed E-state index contributed by atoms with van der Waals surface area (Å²) in [4.78, 5) is 19.5. The van der Waals surface area contributed by atoms with Crippen molar-refractivity contribution in [1.82, 2.24) is 14.5 Å². The van der Waals surface area contributed by atoms with E-state index in [1.54, 1.807) is 17.9 Å². The Hall–Kier alpha value is -2.86. The van der Waals surface area contributed by atoms with Gasteiger partial charge in [-0.15, -0.1) is 0 Å². The monoisotopic (exact) mass is 352 g/mol. The smallest absolute Gasteiger partial charge is 0.275 e. The Morgan fingerprint density at radius 1 is 1.23 bits per heavy atom. The number of nitrogens with zero attached hydrogens (tertiary/aromatic N) is 3. The van der Waals surface area contributed by atoms with Crippen molar-refractivity contribution in [3.8, 4) is 16.9 Å². The van der Waals surface area contributed by atoms with Crippen LogP contribution in [-0.2, 0) is 6.54 Å². The van der Waals surface area contributed by atoms with Crippen LogP contribution in [0.3, 0.4) is 0 Å². The first kappa shape index (κ1) is 17.9. The van der Waals surface area contributed by atoms with Gasteiger partial charge in [0.15, 0.2) is 0 Å². The summed E-state index contributed by atoms with van der Waals surface area (Å²) >= 11 is 0. The number of aryl methyl sites for hydroxylation is 1. The van der Waals surface area contributed by atoms with Crippen molar-refractivity contribution in [3.63, 3.8) is 0 Å². The Kier molecular flexibility index (Phi) is 5.23. The predicted molar refractivity (Wildman–Crippen MR) is 106 cm³/mol. The summed E-state index contributed by atoms with van der Waals surface area (Å²) in [5, 5.41) is 0.864. The van der Waals surface area contributed by atoms with Gasteiger partial charge in [0.05, 0.1) is 7.11 Å². The highest BCUT2D eigenvalue weighted by Gasteiger charge is 2.17. The molecule has 1 aromatic carbocycles. The number of hydrogen-bond donors (Lipinski definition) is 1. The Morgan fingerprint density at radius 2 is 2.04 bits per heavy atom. The van der Waals surface area contributed by atoms with Crippen LogP contribution >= 0.6 is 0 Å². The minimum Gasteiger partial charge on any atom is -0.497 e. The Bertz CT molecular complexity index is 979. The van der Waals surface area contributed by atoms with Gasteiger partial charge in [0.25, 0.3) is 5.56 Å². The van der Waals surface area contributed by atoms with Gasteiger partial charge < -0.3 is 15.4 Å². The molecule has 0 aliphatic heterocycles. The van der Waals surface area contributed by atoms with Gasteiger partial charge in [-0.3, -0.25) is 9.36 Å². The maximum atomic E-state index is 13.0. The molecule has 2 aromatic heterocycles. The van der Waals surface area contributed by atoms with Crippen LogP contribution in [0, 0.1) is 0 Å². The molecule has 136 valence electrons. The van der Waals surface area contributed by atoms with E-state index < -0.39 is 0 Å². The first-order valence-electron chi connectivity index (χ1n) is 8.59. The van der Waals surface area contributed by atoms with Crippen molar-refractivity contribution < 1.29 is 4.74 Å². The fraction of sp³-hybridized carbons (Fsp3) is 0.300. The molecule has 0 unspecified atom stereocenters. The van der Waals surface area contributed by atoms with Crippen molar-refractivity contribution in [2.45, 2.75) is 13.0 Å². The van der Waals surface area contributed by atoms with E-state index in [1.807, 2.05) is 50.5 Å². The van der Waals surface area contributed by atoms with Crippen molar-refractivity contribution in [2.75, 3.05) is 33.5 Å². The number of rotatable bonds is 6. The summed E-state index contributed by atoms with van der Waals surface area (Å²) in [5.74, 6) is 0.717. The van der Waals surface area contributed by atoms with Crippen LogP contribution in [0.15, 0.2) is 47.4 Å². The summed E-state index contributed by atoms with van der Waals surface area (Å²) in [6.45, 7) is 1.46. The minimum absolute atomic E-state index is 0.201. The van der Waals surface area contributed by atoms with E-state index in [4.69, 9.17) is 10.5 Å². The third kappa shape index (κ3) is 3.41. The number of fused-ring (bicyclic) bond motifs is 1. The summed E-state index contributed by atoms with van der Waals surface area (Å²) in [6.07, 6.45) is 2.55. The summed E-state index contributed by atoms with van der Waals surface area (Å²) < 4.78 is 6.99. The fourth-order valence-electron chi connectivity index (χ4n) is 3.14. The number of nitrogens with two attached hydrogens (primary N) is 1. The van der Waals surface area contributed by atoms with Crippen LogP contribution in [0.1, 0.15) is 6.42 Å². The number of aromatic nitrogens is 2. The van der Waals surface area contributed by atoms with E-state index in [0.29, 0.717) is 23.5 Å². The molecule has 0 radical (unpaired) electrons. The average molecular weight is 352 g/mol. The first-order chi connectivity index (χ1) is 12.5. The number of pyridine rings is 2. The lowest BCUT2D eigenvalue weighted by Crippen LogP contribution is -2.26. The Labute approximate surface area is 152 Å². The second kappa shape index (κ2) is 7.58. The molecule has 6 nitrogen and oxygen atoms in total. The van der Waals surface area contributed by atoms with Crippen LogP contribution in [-0.4, -0.2) is 42.2 Å². The Morgan fingerprint density at radius 3 is 2.77 bits per heavy atom. The molecule has 26 heavy (non-hydrogen) atoms. The van der Waals surface area contributed by atoms with E-state index in [1.165, 1.54) is 0 Å². The second-order valence-electron chi connectivity index (χ2n) is 6.51. The minimum atomic E-state index is -0.201. The van der Waals surface area contributed by atoms with Crippen LogP contribution in [0.4, 0.5) is 5.69 Å². The van der Waals surface area contributed by atoms with Crippen LogP contribution in [0.2, 0.25) is 0 Å². The lowest BCUT2D eigenvalue weighted by molar-refractivity contribution is 0.386. The maximum absolute atomic E-state index is 13.0. The third-order valence-corrected chi connectivity index (χ3v) is 4.40. The molecule has 0 spiro atoms. The lowest BCUT2D eigenvalue weighted by Gasteiger charge is -2.16. The highest BCUT2D eigenvalue weighted by Crippen LogP contribution is 2.32. The molecule has 6 heteroatoms. The second-order valence-corrected chi connectivity index (χ2v) is 6.51. The number of nitrogen functional groups attached to an aromatic ring is 1. The first-order valence-corrected chi connectivity index (χ1v) is 8.59. The molecule has 0 bridgehead atoms. The average Bonchev–Trinajstić information content (AvgIpc) is 2.65. The largest absolute Gasteiger partial charge is 0.497 e. The maximum Gasteiger partial charge on any atom is 0.275 e. The van der Waals surface area contributed by atoms with E-state index in [2.05, 4.69) is 9.88 Å². The number of methoxy groups -OCH3 is 1. The van der Waals surface area contributed by atoms with Gasteiger partial charge in [-0.05, 0) is 56.9 Å². The van der Waals surface area contributed by atoms with E-state index >= 15 is 0 Å². The van der Waals surface area contributed by atoms with Gasteiger partial charge in [-0.25, -0.2) is 4.98 Å². The van der Waals surface area contributed by atoms with Crippen molar-refractivity contribution >= 4 is 16.7 Å². The SMILES string of the molecule is COc1cccc(-c2c(N)c(=O)n(CCCN(C)C)c3ncccc23)c1. The third-order valence-electron chi connectivity index (χ3n) is 4.40. The number of ether oxygens (including phenoxy) is 1. The van der Waals surface area contributed by atoms with Gasteiger partial charge >= 0.3 is 0 Å². The van der Waals surface area contributed by atoms with E-state index in [-0.39, 0.29) is 11.2 Å². The molecule has 0 amide bonds. The molecule has 0 fully saturated rings. The molecule has 0 saturated carbocycles. The van der Waals surface area contributed by atoms with E-state index in [0.717, 1.165) is 23.9 Å². The van der Waals surface area contributed by atoms with Crippen molar-refractivity contribution in [3.05, 3.63) is 52.9 Å². The molecular weight excluding hydrogens is 328 g/mol. The summed E-state index contributed by atoms with van der Waals surface area (Å²) in [5.41, 5.74) is 8.54. The van der Waals surface area contributed by atoms with Crippen LogP contribution < -0.4 is 16.0 Å². The molecule has 3 rings (SSSR count). The normalized spacial score (nSPS) is 11.2. The number of anilines is 1. The van der Waals surface area contributed by atoms with Gasteiger partial charge in [-0.1, -0.05) is 12.1 Å². The standard InChI is InChI=1S/C20H24N4O2/c1-23(2)11-6-12-24-19-16(9-5-10-22-19)17(18(21)20(24)25)14-7-4-8-15(13-14)26-3/h4-5,7-10,13H,6,11-12,21H2,1-3H3. The molecule has 2 heterocycles. The zero-order chi connectivity index (χ0) is 18.7. The topological polar surface area (TPSA) is 73.4 Å². The summed E-state index contributed by atoms with van der Waals surface area (Å²) in [7, 11) is 5.64. The molecule has 3 aromatic rings. The molecule has 0 aliphatic rings. The van der Waals surface area contributed by atoms with Gasteiger partial charge in [0.1, 0.15) is 17.1 Å². The van der Waals surface area contributed by atoms with Gasteiger partial charge in [0.2, 0.25) is 0 Å². The van der Waals surface area contributed by atoms with Crippen molar-refractivity contribution in [1.29, 1.82) is 0 Å². The molecular formula is C20H24N4O2. The van der Waals surface area contributed by atoms with Gasteiger partial charge in [0, 0.05) is 23.7 Å². The highest BCUT2D eigenvalue weighted by molar-refractivity contribution is 5.99. The molecule has 0 atom stereocenters. The van der Waals surface area contributed by atoms with Crippen molar-refractivity contribution in [2.24, 2.45) is 0 Å². The number of hydrogen-bond acceptors (Lipinski definition) is 5. The summed E-state index contributed by atoms with van der Waals surface area (Å²) in [6, 6.07) is 11.4. The lowest BCUT2D eigenvalue weighted by atomic mass is 10.0. The van der Waals surface area contributed by atoms with Gasteiger partial charge in [-0.2, -0.15) is 0 Å². The van der Waals surface area contributed by atoms with Crippen LogP contribution in [0.25, 0.3) is 22.2 Å². The molecule has 0 saturated heterocycles. The Balaban J connectivity index is 2.20. The predicted octanol–water partition coefficient (Wildman–Crippen LogP) is 2.61. The van der Waals surface area contributed by atoms with E-state index in [9.17, 15) is 4.79 Å². The zero-order valence-electron chi connectivity index (χ0n) is 15.4. The fourth-order valence-corrected chi connectivity index (χ4v) is 3.14. The highest BCUT2D eigenvalue weighted by atomic mass is 16.5. The van der Waals surface area contributed by atoms with Crippen LogP contribution in [0.5, 0.6) is 5.75 Å². The molecule has 0 aliphatic carbocycles.